The molecule has 0 unspecified atom stereocenters. The van der Waals surface area contributed by atoms with E-state index >= 15 is 0 Å². The van der Waals surface area contributed by atoms with Gasteiger partial charge in [0.25, 0.3) is 5.56 Å². The van der Waals surface area contributed by atoms with Crippen molar-refractivity contribution < 1.29 is 5.11 Å². The molecule has 0 aliphatic heterocycles. The summed E-state index contributed by atoms with van der Waals surface area (Å²) in [6, 6.07) is 4.06. The van der Waals surface area contributed by atoms with Gasteiger partial charge in [0.15, 0.2) is 0 Å². The van der Waals surface area contributed by atoms with Gasteiger partial charge in [-0.3, -0.25) is 4.79 Å². The highest BCUT2D eigenvalue weighted by Gasteiger charge is 2.22. The Morgan fingerprint density at radius 2 is 2.22 bits per heavy atom. The minimum absolute atomic E-state index is 0.130. The van der Waals surface area contributed by atoms with Crippen molar-refractivity contribution in [2.75, 3.05) is 0 Å². The molecule has 2 atom stereocenters. The fraction of sp³-hybridized carbons (Fsp3) is 0.667. The minimum atomic E-state index is -0.246. The van der Waals surface area contributed by atoms with Gasteiger partial charge in [0.05, 0.1) is 6.10 Å². The van der Waals surface area contributed by atoms with Crippen LogP contribution in [0.3, 0.4) is 0 Å². The molecule has 1 N–H and O–H groups in total. The number of hydrogen-bond acceptors (Lipinski definition) is 2. The number of aliphatic hydroxyl groups is 1. The Balaban J connectivity index is 2.25. The summed E-state index contributed by atoms with van der Waals surface area (Å²) in [5, 5.41) is 9.73. The lowest BCUT2D eigenvalue weighted by Crippen LogP contribution is -2.31. The van der Waals surface area contributed by atoms with E-state index in [-0.39, 0.29) is 17.7 Å². The van der Waals surface area contributed by atoms with E-state index in [2.05, 4.69) is 13.8 Å². The summed E-state index contributed by atoms with van der Waals surface area (Å²) in [5.74, 6) is 0.491. The molecule has 2 rings (SSSR count). The second-order valence-electron chi connectivity index (χ2n) is 5.82. The second-order valence-corrected chi connectivity index (χ2v) is 5.82. The summed E-state index contributed by atoms with van der Waals surface area (Å²) in [5.41, 5.74) is 1.03. The van der Waals surface area contributed by atoms with E-state index in [0.29, 0.717) is 12.3 Å². The zero-order chi connectivity index (χ0) is 13.1. The van der Waals surface area contributed by atoms with E-state index in [1.54, 1.807) is 0 Å². The van der Waals surface area contributed by atoms with Crippen molar-refractivity contribution in [2.24, 2.45) is 5.92 Å². The van der Waals surface area contributed by atoms with E-state index < -0.39 is 0 Å². The first kappa shape index (κ1) is 13.3. The van der Waals surface area contributed by atoms with Crippen LogP contribution in [0.2, 0.25) is 0 Å². The molecular formula is C15H23NO2. The predicted molar refractivity (Wildman–Crippen MR) is 72.8 cm³/mol. The monoisotopic (exact) mass is 249 g/mol. The summed E-state index contributed by atoms with van der Waals surface area (Å²) in [4.78, 5) is 12.4. The van der Waals surface area contributed by atoms with Crippen molar-refractivity contribution in [2.45, 2.75) is 58.1 Å². The van der Waals surface area contributed by atoms with Gasteiger partial charge in [-0.15, -0.1) is 0 Å². The summed E-state index contributed by atoms with van der Waals surface area (Å²) in [7, 11) is 0. The van der Waals surface area contributed by atoms with Crippen LogP contribution >= 0.6 is 0 Å². The third-order valence-corrected chi connectivity index (χ3v) is 3.69. The Morgan fingerprint density at radius 1 is 1.44 bits per heavy atom. The topological polar surface area (TPSA) is 42.2 Å². The number of aromatic nitrogens is 1. The van der Waals surface area contributed by atoms with Crippen LogP contribution in [0.4, 0.5) is 0 Å². The lowest BCUT2D eigenvalue weighted by molar-refractivity contribution is 0.103. The number of nitrogens with zero attached hydrogens (tertiary/aromatic N) is 1. The number of rotatable bonds is 3. The molecule has 1 aromatic rings. The van der Waals surface area contributed by atoms with Crippen molar-refractivity contribution in [3.63, 3.8) is 0 Å². The fourth-order valence-corrected chi connectivity index (χ4v) is 2.83. The van der Waals surface area contributed by atoms with Gasteiger partial charge < -0.3 is 9.67 Å². The maximum atomic E-state index is 12.4. The van der Waals surface area contributed by atoms with Crippen molar-refractivity contribution in [3.05, 3.63) is 34.2 Å². The summed E-state index contributed by atoms with van der Waals surface area (Å²) in [6.07, 6.45) is 6.05. The average molecular weight is 249 g/mol. The highest BCUT2D eigenvalue weighted by Crippen LogP contribution is 2.27. The van der Waals surface area contributed by atoms with E-state index in [4.69, 9.17) is 0 Å². The van der Waals surface area contributed by atoms with Crippen LogP contribution in [-0.2, 0) is 6.42 Å². The minimum Gasteiger partial charge on any atom is -0.393 e. The number of aliphatic hydroxyl groups excluding tert-OH is 1. The molecule has 1 aromatic heterocycles. The maximum absolute atomic E-state index is 12.4. The normalized spacial score (nSPS) is 24.4. The fourth-order valence-electron chi connectivity index (χ4n) is 2.83. The zero-order valence-electron chi connectivity index (χ0n) is 11.3. The van der Waals surface area contributed by atoms with Gasteiger partial charge in [0.2, 0.25) is 0 Å². The first-order valence-electron chi connectivity index (χ1n) is 6.96. The van der Waals surface area contributed by atoms with E-state index in [1.165, 1.54) is 0 Å². The standard InChI is InChI=1S/C15H23NO2/c1-11(2)9-12-5-4-8-16(15(12)18)13-6-3-7-14(17)10-13/h4-5,8,11,13-14,17H,3,6-7,9-10H2,1-2H3/t13-,14+/m1/s1. The summed E-state index contributed by atoms with van der Waals surface area (Å²) < 4.78 is 1.83. The van der Waals surface area contributed by atoms with Gasteiger partial charge in [-0.05, 0) is 44.1 Å². The van der Waals surface area contributed by atoms with Crippen molar-refractivity contribution >= 4 is 0 Å². The molecule has 0 spiro atoms. The predicted octanol–water partition coefficient (Wildman–Crippen LogP) is 2.52. The highest BCUT2D eigenvalue weighted by molar-refractivity contribution is 5.12. The molecule has 0 bridgehead atoms. The van der Waals surface area contributed by atoms with Crippen LogP contribution in [0, 0.1) is 5.92 Å². The molecule has 3 nitrogen and oxygen atoms in total. The summed E-state index contributed by atoms with van der Waals surface area (Å²) in [6.45, 7) is 4.25. The Hall–Kier alpha value is -1.09. The SMILES string of the molecule is CC(C)Cc1cccn([C@@H]2CCC[C@H](O)C2)c1=O. The largest absolute Gasteiger partial charge is 0.393 e. The van der Waals surface area contributed by atoms with E-state index in [1.807, 2.05) is 22.9 Å². The molecule has 1 aliphatic rings. The Kier molecular flexibility index (Phi) is 4.23. The molecule has 1 aliphatic carbocycles. The van der Waals surface area contributed by atoms with Crippen LogP contribution in [-0.4, -0.2) is 15.8 Å². The molecule has 1 fully saturated rings. The molecule has 1 heterocycles. The molecule has 0 amide bonds. The van der Waals surface area contributed by atoms with Crippen LogP contribution in [0.15, 0.2) is 23.1 Å². The maximum Gasteiger partial charge on any atom is 0.253 e. The Morgan fingerprint density at radius 3 is 2.89 bits per heavy atom. The molecule has 0 aromatic carbocycles. The molecule has 1 saturated carbocycles. The molecular weight excluding hydrogens is 226 g/mol. The van der Waals surface area contributed by atoms with Gasteiger partial charge >= 0.3 is 0 Å². The smallest absolute Gasteiger partial charge is 0.253 e. The second kappa shape index (κ2) is 5.70. The lowest BCUT2D eigenvalue weighted by Gasteiger charge is -2.27. The van der Waals surface area contributed by atoms with E-state index in [0.717, 1.165) is 31.2 Å². The van der Waals surface area contributed by atoms with Crippen molar-refractivity contribution in [3.8, 4) is 0 Å². The lowest BCUT2D eigenvalue weighted by atomic mass is 9.92. The Bertz CT molecular complexity index is 450. The van der Waals surface area contributed by atoms with Gasteiger partial charge in [-0.1, -0.05) is 19.9 Å². The Labute approximate surface area is 108 Å². The van der Waals surface area contributed by atoms with Crippen LogP contribution in [0.1, 0.15) is 51.1 Å². The van der Waals surface area contributed by atoms with Gasteiger partial charge in [-0.25, -0.2) is 0 Å². The number of hydrogen-bond donors (Lipinski definition) is 1. The van der Waals surface area contributed by atoms with Gasteiger partial charge in [-0.2, -0.15) is 0 Å². The van der Waals surface area contributed by atoms with Gasteiger partial charge in [0.1, 0.15) is 0 Å². The van der Waals surface area contributed by atoms with Crippen LogP contribution in [0.25, 0.3) is 0 Å². The first-order chi connectivity index (χ1) is 8.58. The van der Waals surface area contributed by atoms with Crippen LogP contribution < -0.4 is 5.56 Å². The molecule has 18 heavy (non-hydrogen) atoms. The van der Waals surface area contributed by atoms with Gasteiger partial charge in [0, 0.05) is 17.8 Å². The first-order valence-corrected chi connectivity index (χ1v) is 6.96. The molecule has 100 valence electrons. The average Bonchev–Trinajstić information content (AvgIpc) is 2.31. The molecule has 3 heteroatoms. The summed E-state index contributed by atoms with van der Waals surface area (Å²) >= 11 is 0. The van der Waals surface area contributed by atoms with Crippen LogP contribution in [0.5, 0.6) is 0 Å². The van der Waals surface area contributed by atoms with Crippen molar-refractivity contribution in [1.29, 1.82) is 0 Å². The molecule has 0 radical (unpaired) electrons. The van der Waals surface area contributed by atoms with E-state index in [9.17, 15) is 9.90 Å². The highest BCUT2D eigenvalue weighted by atomic mass is 16.3. The third kappa shape index (κ3) is 3.02. The quantitative estimate of drug-likeness (QED) is 0.894. The molecule has 0 saturated heterocycles. The zero-order valence-corrected chi connectivity index (χ0v) is 11.3. The number of pyridine rings is 1. The van der Waals surface area contributed by atoms with Crippen molar-refractivity contribution in [1.82, 2.24) is 4.57 Å². The third-order valence-electron chi connectivity index (χ3n) is 3.69.